The first-order valence-electron chi connectivity index (χ1n) is 12.1. The van der Waals surface area contributed by atoms with Crippen molar-refractivity contribution in [2.24, 2.45) is 0 Å². The van der Waals surface area contributed by atoms with Crippen LogP contribution >= 0.6 is 0 Å². The van der Waals surface area contributed by atoms with E-state index in [-0.39, 0.29) is 6.03 Å². The van der Waals surface area contributed by atoms with Crippen molar-refractivity contribution in [2.75, 3.05) is 46.3 Å². The molecule has 33 heavy (non-hydrogen) atoms. The van der Waals surface area contributed by atoms with Crippen molar-refractivity contribution in [2.45, 2.75) is 31.8 Å². The lowest BCUT2D eigenvalue weighted by Crippen LogP contribution is -2.44. The predicted octanol–water partition coefficient (Wildman–Crippen LogP) is 3.40. The Morgan fingerprint density at radius 1 is 1.06 bits per heavy atom. The van der Waals surface area contributed by atoms with Gasteiger partial charge in [0.25, 0.3) is 0 Å². The Bertz CT molecular complexity index is 1080. The first-order chi connectivity index (χ1) is 16.2. The fourth-order valence-electron chi connectivity index (χ4n) is 5.10. The van der Waals surface area contributed by atoms with Crippen molar-refractivity contribution < 1.29 is 4.79 Å². The number of piperazine rings is 1. The van der Waals surface area contributed by atoms with Crippen molar-refractivity contribution in [3.8, 4) is 0 Å². The zero-order valence-corrected chi connectivity index (χ0v) is 19.5. The first-order valence-corrected chi connectivity index (χ1v) is 12.1. The Labute approximate surface area is 195 Å². The Morgan fingerprint density at radius 3 is 2.67 bits per heavy atom. The van der Waals surface area contributed by atoms with Crippen LogP contribution in [0, 0.1) is 0 Å². The van der Waals surface area contributed by atoms with Gasteiger partial charge in [-0.2, -0.15) is 0 Å². The largest absolute Gasteiger partial charge is 0.346 e. The number of nitrogens with one attached hydrogen (secondary N) is 2. The van der Waals surface area contributed by atoms with Crippen LogP contribution in [0.3, 0.4) is 0 Å². The molecule has 174 valence electrons. The van der Waals surface area contributed by atoms with Gasteiger partial charge in [-0.3, -0.25) is 4.90 Å². The summed E-state index contributed by atoms with van der Waals surface area (Å²) in [7, 11) is 2.18. The molecule has 0 atom stereocenters. The maximum atomic E-state index is 12.8. The summed E-state index contributed by atoms with van der Waals surface area (Å²) in [6.07, 6.45) is 5.87. The number of carbonyl (C=O) groups is 1. The molecule has 0 aliphatic carbocycles. The molecule has 2 aromatic heterocycles. The van der Waals surface area contributed by atoms with Gasteiger partial charge in [0, 0.05) is 70.1 Å². The van der Waals surface area contributed by atoms with Gasteiger partial charge in [0.2, 0.25) is 0 Å². The van der Waals surface area contributed by atoms with Crippen LogP contribution in [-0.4, -0.2) is 77.0 Å². The van der Waals surface area contributed by atoms with Crippen LogP contribution < -0.4 is 5.32 Å². The fraction of sp³-hybridized carbons (Fsp3) is 0.462. The minimum absolute atomic E-state index is 0.0403. The second-order valence-electron chi connectivity index (χ2n) is 9.46. The fourth-order valence-corrected chi connectivity index (χ4v) is 5.10. The van der Waals surface area contributed by atoms with E-state index in [0.29, 0.717) is 12.5 Å². The molecule has 2 aliphatic heterocycles. The third kappa shape index (κ3) is 5.20. The number of H-pyrrole nitrogens is 1. The molecule has 3 aromatic rings. The van der Waals surface area contributed by atoms with Crippen molar-refractivity contribution in [3.63, 3.8) is 0 Å². The van der Waals surface area contributed by atoms with Crippen molar-refractivity contribution in [3.05, 3.63) is 65.5 Å². The number of fused-ring (bicyclic) bond motifs is 1. The molecule has 0 unspecified atom stereocenters. The van der Waals surface area contributed by atoms with Crippen LogP contribution in [0.4, 0.5) is 4.79 Å². The molecule has 2 aliphatic rings. The smallest absolute Gasteiger partial charge is 0.317 e. The van der Waals surface area contributed by atoms with Gasteiger partial charge in [-0.05, 0) is 54.6 Å². The number of aromatic nitrogens is 2. The predicted molar refractivity (Wildman–Crippen MR) is 131 cm³/mol. The first kappa shape index (κ1) is 21.9. The van der Waals surface area contributed by atoms with Crippen LogP contribution in [0.25, 0.3) is 11.0 Å². The molecule has 5 rings (SSSR count). The highest BCUT2D eigenvalue weighted by molar-refractivity contribution is 5.80. The highest BCUT2D eigenvalue weighted by Gasteiger charge is 2.25. The minimum atomic E-state index is 0.0403. The summed E-state index contributed by atoms with van der Waals surface area (Å²) in [6, 6.07) is 12.8. The standard InChI is InChI=1S/C26H34N6O/c1-30-12-14-31(15-13-30)19-21-5-2-4-20(16-21)17-29-26(33)32-10-7-22(8-11-32)24-18-28-25-23(24)6-3-9-27-25/h2-6,9,16,18,22H,7-8,10-15,17,19H2,1H3,(H,27,28)(H,29,33). The van der Waals surface area contributed by atoms with E-state index in [1.54, 1.807) is 0 Å². The average molecular weight is 447 g/mol. The minimum Gasteiger partial charge on any atom is -0.346 e. The van der Waals surface area contributed by atoms with Crippen LogP contribution in [0.5, 0.6) is 0 Å². The van der Waals surface area contributed by atoms with Gasteiger partial charge in [0.1, 0.15) is 5.65 Å². The number of likely N-dealkylation sites (N-methyl/N-ethyl adjacent to an activating group) is 1. The Kier molecular flexibility index (Phi) is 6.60. The number of aromatic amines is 1. The Balaban J connectivity index is 1.11. The summed E-state index contributed by atoms with van der Waals surface area (Å²) in [6.45, 7) is 7.61. The van der Waals surface area contributed by atoms with Crippen molar-refractivity contribution in [1.82, 2.24) is 30.0 Å². The number of likely N-dealkylation sites (tertiary alicyclic amines) is 1. The number of carbonyl (C=O) groups excluding carboxylic acids is 1. The summed E-state index contributed by atoms with van der Waals surface area (Å²) in [4.78, 5) is 27.3. The number of nitrogens with zero attached hydrogens (tertiary/aromatic N) is 4. The van der Waals surface area contributed by atoms with E-state index >= 15 is 0 Å². The number of amides is 2. The molecule has 2 N–H and O–H groups in total. The van der Waals surface area contributed by atoms with Crippen LogP contribution in [0.15, 0.2) is 48.8 Å². The SMILES string of the molecule is CN1CCN(Cc2cccc(CNC(=O)N3CCC(c4c[nH]c5ncccc45)CC3)c2)CC1. The molecule has 0 radical (unpaired) electrons. The second kappa shape index (κ2) is 9.93. The molecule has 0 saturated carbocycles. The molecule has 2 saturated heterocycles. The Hall–Kier alpha value is -2.90. The number of urea groups is 1. The molecular formula is C26H34N6O. The number of pyridine rings is 1. The summed E-state index contributed by atoms with van der Waals surface area (Å²) < 4.78 is 0. The molecule has 0 spiro atoms. The summed E-state index contributed by atoms with van der Waals surface area (Å²) >= 11 is 0. The molecule has 7 nitrogen and oxygen atoms in total. The molecule has 4 heterocycles. The van der Waals surface area contributed by atoms with E-state index in [1.807, 2.05) is 17.2 Å². The molecular weight excluding hydrogens is 412 g/mol. The lowest BCUT2D eigenvalue weighted by Gasteiger charge is -2.32. The van der Waals surface area contributed by atoms with Gasteiger partial charge in [0.15, 0.2) is 0 Å². The van der Waals surface area contributed by atoms with E-state index in [4.69, 9.17) is 0 Å². The Morgan fingerprint density at radius 2 is 1.85 bits per heavy atom. The zero-order valence-electron chi connectivity index (χ0n) is 19.5. The summed E-state index contributed by atoms with van der Waals surface area (Å²) in [5, 5.41) is 4.34. The number of hydrogen-bond acceptors (Lipinski definition) is 4. The van der Waals surface area contributed by atoms with Crippen molar-refractivity contribution >= 4 is 17.1 Å². The van der Waals surface area contributed by atoms with E-state index < -0.39 is 0 Å². The number of hydrogen-bond donors (Lipinski definition) is 2. The molecule has 0 bridgehead atoms. The van der Waals surface area contributed by atoms with E-state index in [1.165, 1.54) is 16.5 Å². The monoisotopic (exact) mass is 446 g/mol. The zero-order chi connectivity index (χ0) is 22.6. The number of rotatable bonds is 5. The molecule has 2 amide bonds. The molecule has 2 fully saturated rings. The normalized spacial score (nSPS) is 18.6. The van der Waals surface area contributed by atoms with Crippen LogP contribution in [0.2, 0.25) is 0 Å². The number of piperidine rings is 1. The van der Waals surface area contributed by atoms with E-state index in [9.17, 15) is 4.79 Å². The summed E-state index contributed by atoms with van der Waals surface area (Å²) in [5.74, 6) is 0.471. The van der Waals surface area contributed by atoms with Gasteiger partial charge in [-0.15, -0.1) is 0 Å². The molecule has 1 aromatic carbocycles. The lowest BCUT2D eigenvalue weighted by atomic mass is 9.89. The van der Waals surface area contributed by atoms with Crippen molar-refractivity contribution in [1.29, 1.82) is 0 Å². The summed E-state index contributed by atoms with van der Waals surface area (Å²) in [5.41, 5.74) is 4.76. The second-order valence-corrected chi connectivity index (χ2v) is 9.46. The van der Waals surface area contributed by atoms with Gasteiger partial charge in [-0.1, -0.05) is 24.3 Å². The topological polar surface area (TPSA) is 67.5 Å². The average Bonchev–Trinajstić information content (AvgIpc) is 3.29. The molecule has 7 heteroatoms. The quantitative estimate of drug-likeness (QED) is 0.630. The highest BCUT2D eigenvalue weighted by Crippen LogP contribution is 2.32. The third-order valence-corrected chi connectivity index (χ3v) is 7.14. The number of benzene rings is 1. The van der Waals surface area contributed by atoms with Gasteiger partial charge in [0.05, 0.1) is 0 Å². The maximum absolute atomic E-state index is 12.8. The third-order valence-electron chi connectivity index (χ3n) is 7.14. The van der Waals surface area contributed by atoms with E-state index in [2.05, 4.69) is 68.7 Å². The van der Waals surface area contributed by atoms with Gasteiger partial charge in [-0.25, -0.2) is 9.78 Å². The van der Waals surface area contributed by atoms with Gasteiger partial charge >= 0.3 is 6.03 Å². The van der Waals surface area contributed by atoms with Crippen LogP contribution in [0.1, 0.15) is 35.4 Å². The maximum Gasteiger partial charge on any atom is 0.317 e. The van der Waals surface area contributed by atoms with Gasteiger partial charge < -0.3 is 20.1 Å². The highest BCUT2D eigenvalue weighted by atomic mass is 16.2. The van der Waals surface area contributed by atoms with E-state index in [0.717, 1.165) is 69.9 Å². The van der Waals surface area contributed by atoms with Crippen LogP contribution in [-0.2, 0) is 13.1 Å². The lowest BCUT2D eigenvalue weighted by molar-refractivity contribution is 0.148.